The lowest BCUT2D eigenvalue weighted by Gasteiger charge is -2.41. The van der Waals surface area contributed by atoms with E-state index in [-0.39, 0.29) is 31.0 Å². The zero-order valence-corrected chi connectivity index (χ0v) is 19.6. The highest BCUT2D eigenvalue weighted by atomic mass is 16.6. The van der Waals surface area contributed by atoms with Gasteiger partial charge in [-0.2, -0.15) is 0 Å². The number of hydrogen-bond acceptors (Lipinski definition) is 5. The molecule has 0 heterocycles. The second kappa shape index (κ2) is 9.28. The summed E-state index contributed by atoms with van der Waals surface area (Å²) in [5, 5.41) is 21.5. The van der Waals surface area contributed by atoms with E-state index in [0.29, 0.717) is 11.5 Å². The number of ether oxygens (including phenoxy) is 2. The van der Waals surface area contributed by atoms with E-state index >= 15 is 0 Å². The summed E-state index contributed by atoms with van der Waals surface area (Å²) in [6.45, 7) is 8.38. The number of rotatable bonds is 6. The van der Waals surface area contributed by atoms with Crippen LogP contribution in [0.1, 0.15) is 78.1 Å². The maximum atomic E-state index is 12.0. The number of allylic oxidation sites excluding steroid dienone is 5. The summed E-state index contributed by atoms with van der Waals surface area (Å²) in [6, 6.07) is 0. The van der Waals surface area contributed by atoms with Crippen molar-refractivity contribution in [2.75, 3.05) is 6.61 Å². The third kappa shape index (κ3) is 4.66. The van der Waals surface area contributed by atoms with E-state index in [4.69, 9.17) is 9.47 Å². The van der Waals surface area contributed by atoms with Crippen LogP contribution in [0.15, 0.2) is 47.1 Å². The monoisotopic (exact) mass is 442 g/mol. The SMILES string of the molecule is C=C1C(=CC=C2CCC[C@]3(C)C(CC)=CC[C@@H]23)C[C@](O)(OCC(=O)OC2CCC2)CC1O. The van der Waals surface area contributed by atoms with E-state index in [2.05, 4.69) is 32.6 Å². The molecular weight excluding hydrogens is 404 g/mol. The van der Waals surface area contributed by atoms with Crippen molar-refractivity contribution in [1.29, 1.82) is 0 Å². The minimum atomic E-state index is -1.60. The van der Waals surface area contributed by atoms with Gasteiger partial charge in [-0.3, -0.25) is 0 Å². The first-order chi connectivity index (χ1) is 15.2. The quantitative estimate of drug-likeness (QED) is 0.348. The molecule has 4 rings (SSSR count). The van der Waals surface area contributed by atoms with Crippen LogP contribution in [0.2, 0.25) is 0 Å². The summed E-state index contributed by atoms with van der Waals surface area (Å²) in [4.78, 5) is 12.0. The van der Waals surface area contributed by atoms with Gasteiger partial charge in [0.05, 0.1) is 6.10 Å². The molecule has 0 spiro atoms. The Hall–Kier alpha value is -1.69. The van der Waals surface area contributed by atoms with Crippen molar-refractivity contribution in [2.45, 2.75) is 96.1 Å². The molecule has 0 saturated heterocycles. The van der Waals surface area contributed by atoms with Crippen molar-refractivity contribution in [3.8, 4) is 0 Å². The van der Waals surface area contributed by atoms with Gasteiger partial charge in [0.1, 0.15) is 12.7 Å². The molecular formula is C27H38O5. The van der Waals surface area contributed by atoms with Crippen LogP contribution in [0.5, 0.6) is 0 Å². The molecule has 0 aliphatic heterocycles. The van der Waals surface area contributed by atoms with Gasteiger partial charge in [-0.25, -0.2) is 4.79 Å². The van der Waals surface area contributed by atoms with Gasteiger partial charge in [0.15, 0.2) is 5.79 Å². The molecule has 0 amide bonds. The Balaban J connectivity index is 1.44. The second-order valence-electron chi connectivity index (χ2n) is 10.3. The standard InChI is InChI=1S/C27H38O5/c1-4-21-12-13-23-19(7-6-14-26(21,23)3)10-11-20-15-27(30,16-24(28)18(20)2)31-17-25(29)32-22-8-5-9-22/h10-12,22-24,28,30H,2,4-9,13-17H2,1,3H3/t23-,24?,26+,27-/m0/s1. The van der Waals surface area contributed by atoms with Gasteiger partial charge in [0.2, 0.25) is 0 Å². The lowest BCUT2D eigenvalue weighted by Crippen LogP contribution is -2.43. The van der Waals surface area contributed by atoms with Crippen molar-refractivity contribution >= 4 is 5.97 Å². The largest absolute Gasteiger partial charge is 0.461 e. The van der Waals surface area contributed by atoms with Crippen molar-refractivity contribution in [3.63, 3.8) is 0 Å². The average molecular weight is 443 g/mol. The van der Waals surface area contributed by atoms with Crippen molar-refractivity contribution in [1.82, 2.24) is 0 Å². The van der Waals surface area contributed by atoms with E-state index < -0.39 is 17.9 Å². The predicted molar refractivity (Wildman–Crippen MR) is 124 cm³/mol. The highest BCUT2D eigenvalue weighted by Crippen LogP contribution is 2.55. The summed E-state index contributed by atoms with van der Waals surface area (Å²) in [5.41, 5.74) is 4.66. The second-order valence-corrected chi connectivity index (χ2v) is 10.3. The van der Waals surface area contributed by atoms with E-state index in [1.807, 2.05) is 6.08 Å². The number of aliphatic hydroxyl groups excluding tert-OH is 1. The van der Waals surface area contributed by atoms with Gasteiger partial charge in [-0.1, -0.05) is 49.8 Å². The lowest BCUT2D eigenvalue weighted by atomic mass is 9.64. The van der Waals surface area contributed by atoms with Crippen LogP contribution in [-0.2, 0) is 14.3 Å². The molecule has 4 atom stereocenters. The zero-order chi connectivity index (χ0) is 22.9. The average Bonchev–Trinajstić information content (AvgIpc) is 3.07. The molecule has 0 bridgehead atoms. The normalized spacial score (nSPS) is 37.9. The summed E-state index contributed by atoms with van der Waals surface area (Å²) in [7, 11) is 0. The number of fused-ring (bicyclic) bond motifs is 1. The fourth-order valence-corrected chi connectivity index (χ4v) is 5.96. The Morgan fingerprint density at radius 1 is 1.31 bits per heavy atom. The molecule has 4 aliphatic carbocycles. The lowest BCUT2D eigenvalue weighted by molar-refractivity contribution is -0.227. The van der Waals surface area contributed by atoms with Crippen molar-refractivity contribution in [2.24, 2.45) is 11.3 Å². The zero-order valence-electron chi connectivity index (χ0n) is 19.6. The summed E-state index contributed by atoms with van der Waals surface area (Å²) in [5.74, 6) is -1.53. The molecule has 1 unspecified atom stereocenters. The fraction of sp³-hybridized carbons (Fsp3) is 0.667. The Kier molecular flexibility index (Phi) is 6.81. The molecule has 0 radical (unpaired) electrons. The van der Waals surface area contributed by atoms with Gasteiger partial charge >= 0.3 is 5.97 Å². The van der Waals surface area contributed by atoms with Crippen LogP contribution in [0, 0.1) is 11.3 Å². The first kappa shape index (κ1) is 23.5. The van der Waals surface area contributed by atoms with Crippen LogP contribution in [0.4, 0.5) is 0 Å². The smallest absolute Gasteiger partial charge is 0.332 e. The molecule has 5 heteroatoms. The minimum absolute atomic E-state index is 0.000922. The molecule has 5 nitrogen and oxygen atoms in total. The first-order valence-corrected chi connectivity index (χ1v) is 12.3. The molecule has 0 aromatic carbocycles. The molecule has 0 aromatic heterocycles. The predicted octanol–water partition coefficient (Wildman–Crippen LogP) is 4.90. The van der Waals surface area contributed by atoms with Gasteiger partial charge in [-0.15, -0.1) is 0 Å². The molecule has 3 fully saturated rings. The number of hydrogen-bond donors (Lipinski definition) is 2. The molecule has 176 valence electrons. The molecule has 2 N–H and O–H groups in total. The van der Waals surface area contributed by atoms with Gasteiger partial charge in [0, 0.05) is 12.8 Å². The third-order valence-corrected chi connectivity index (χ3v) is 8.19. The van der Waals surface area contributed by atoms with Crippen LogP contribution in [-0.4, -0.2) is 40.8 Å². The Bertz CT molecular complexity index is 848. The third-order valence-electron chi connectivity index (χ3n) is 8.19. The van der Waals surface area contributed by atoms with Crippen LogP contribution < -0.4 is 0 Å². The van der Waals surface area contributed by atoms with Crippen molar-refractivity contribution in [3.05, 3.63) is 47.1 Å². The van der Waals surface area contributed by atoms with Gasteiger partial charge < -0.3 is 19.7 Å². The summed E-state index contributed by atoms with van der Waals surface area (Å²) in [6.07, 6.45) is 14.4. The Morgan fingerprint density at radius 3 is 2.78 bits per heavy atom. The van der Waals surface area contributed by atoms with E-state index in [1.54, 1.807) is 5.57 Å². The minimum Gasteiger partial charge on any atom is -0.461 e. The van der Waals surface area contributed by atoms with E-state index in [0.717, 1.165) is 44.1 Å². The van der Waals surface area contributed by atoms with Gasteiger partial charge in [-0.05, 0) is 73.8 Å². The Morgan fingerprint density at radius 2 is 2.09 bits per heavy atom. The topological polar surface area (TPSA) is 76.0 Å². The Labute approximate surface area is 191 Å². The maximum absolute atomic E-state index is 12.0. The summed E-state index contributed by atoms with van der Waals surface area (Å²) >= 11 is 0. The van der Waals surface area contributed by atoms with Crippen molar-refractivity contribution < 1.29 is 24.5 Å². The highest BCUT2D eigenvalue weighted by molar-refractivity contribution is 5.71. The summed E-state index contributed by atoms with van der Waals surface area (Å²) < 4.78 is 10.9. The van der Waals surface area contributed by atoms with E-state index in [9.17, 15) is 15.0 Å². The molecule has 32 heavy (non-hydrogen) atoms. The van der Waals surface area contributed by atoms with Crippen LogP contribution >= 0.6 is 0 Å². The molecule has 3 saturated carbocycles. The van der Waals surface area contributed by atoms with Crippen LogP contribution in [0.3, 0.4) is 0 Å². The maximum Gasteiger partial charge on any atom is 0.332 e. The highest BCUT2D eigenvalue weighted by Gasteiger charge is 2.44. The first-order valence-electron chi connectivity index (χ1n) is 12.3. The number of carbonyl (C=O) groups is 1. The van der Waals surface area contributed by atoms with Gasteiger partial charge in [0.25, 0.3) is 0 Å². The molecule has 0 aromatic rings. The van der Waals surface area contributed by atoms with Crippen LogP contribution in [0.25, 0.3) is 0 Å². The van der Waals surface area contributed by atoms with E-state index in [1.165, 1.54) is 18.4 Å². The number of esters is 1. The number of carbonyl (C=O) groups excluding carboxylic acids is 1. The number of aliphatic hydroxyl groups is 2. The molecule has 4 aliphatic rings. The fourth-order valence-electron chi connectivity index (χ4n) is 5.96.